The van der Waals surface area contributed by atoms with Crippen molar-refractivity contribution in [2.24, 2.45) is 0 Å². The van der Waals surface area contributed by atoms with E-state index in [1.54, 1.807) is 0 Å². The van der Waals surface area contributed by atoms with E-state index in [4.69, 9.17) is 4.74 Å². The van der Waals surface area contributed by atoms with Crippen LogP contribution in [0.15, 0.2) is 24.4 Å². The quantitative estimate of drug-likeness (QED) is 0.811. The molecular formula is C19H31N3O2. The Morgan fingerprint density at radius 2 is 2.04 bits per heavy atom. The van der Waals surface area contributed by atoms with E-state index in [9.17, 15) is 4.79 Å². The highest BCUT2D eigenvalue weighted by Crippen LogP contribution is 2.13. The number of piperidine rings is 1. The van der Waals surface area contributed by atoms with Crippen LogP contribution in [0.2, 0.25) is 0 Å². The molecule has 0 unspecified atom stereocenters. The van der Waals surface area contributed by atoms with Gasteiger partial charge in [0, 0.05) is 31.0 Å². The minimum absolute atomic E-state index is 0.240. The molecule has 0 aromatic carbocycles. The second-order valence-corrected chi connectivity index (χ2v) is 7.54. The first-order valence-electron chi connectivity index (χ1n) is 9.04. The number of aromatic nitrogens is 1. The summed E-state index contributed by atoms with van der Waals surface area (Å²) in [7, 11) is 0. The number of nitrogens with zero attached hydrogens (tertiary/aromatic N) is 2. The van der Waals surface area contributed by atoms with Crippen LogP contribution >= 0.6 is 0 Å². The van der Waals surface area contributed by atoms with E-state index in [-0.39, 0.29) is 12.1 Å². The van der Waals surface area contributed by atoms with Crippen LogP contribution in [0.3, 0.4) is 0 Å². The third-order valence-electron chi connectivity index (χ3n) is 4.19. The van der Waals surface area contributed by atoms with E-state index in [0.717, 1.165) is 38.9 Å². The number of amides is 1. The summed E-state index contributed by atoms with van der Waals surface area (Å²) in [6.07, 6.45) is 6.98. The molecule has 1 amide bonds. The topological polar surface area (TPSA) is 54.5 Å². The number of pyridine rings is 1. The predicted molar refractivity (Wildman–Crippen MR) is 96.0 cm³/mol. The molecule has 1 aromatic rings. The Balaban J connectivity index is 1.57. The molecule has 2 heterocycles. The molecule has 0 spiro atoms. The SMILES string of the molecule is CC(C)(C)OC(=O)NC1CCN(CCCCc2ccccn2)CC1. The van der Waals surface area contributed by atoms with Crippen molar-refractivity contribution in [3.05, 3.63) is 30.1 Å². The molecule has 0 aliphatic carbocycles. The first-order chi connectivity index (χ1) is 11.4. The minimum Gasteiger partial charge on any atom is -0.444 e. The van der Waals surface area contributed by atoms with Crippen LogP contribution < -0.4 is 5.32 Å². The highest BCUT2D eigenvalue weighted by molar-refractivity contribution is 5.68. The van der Waals surface area contributed by atoms with E-state index in [2.05, 4.69) is 21.3 Å². The Labute approximate surface area is 145 Å². The van der Waals surface area contributed by atoms with Crippen LogP contribution in [0, 0.1) is 0 Å². The molecule has 1 aromatic heterocycles. The third kappa shape index (κ3) is 7.30. The number of rotatable bonds is 6. The van der Waals surface area contributed by atoms with Crippen LogP contribution in [-0.2, 0) is 11.2 Å². The zero-order valence-corrected chi connectivity index (χ0v) is 15.3. The Kier molecular flexibility index (Phi) is 7.03. The van der Waals surface area contributed by atoms with Crippen molar-refractivity contribution in [1.82, 2.24) is 15.2 Å². The van der Waals surface area contributed by atoms with E-state index in [0.29, 0.717) is 0 Å². The lowest BCUT2D eigenvalue weighted by molar-refractivity contribution is 0.0479. The average molecular weight is 333 g/mol. The van der Waals surface area contributed by atoms with Crippen molar-refractivity contribution in [1.29, 1.82) is 0 Å². The normalized spacial score (nSPS) is 16.8. The van der Waals surface area contributed by atoms with Crippen LogP contribution in [0.4, 0.5) is 4.79 Å². The summed E-state index contributed by atoms with van der Waals surface area (Å²) < 4.78 is 5.32. The van der Waals surface area contributed by atoms with Gasteiger partial charge in [0.15, 0.2) is 0 Å². The molecule has 5 heteroatoms. The number of hydrogen-bond donors (Lipinski definition) is 1. The lowest BCUT2D eigenvalue weighted by atomic mass is 10.0. The molecule has 1 saturated heterocycles. The van der Waals surface area contributed by atoms with Gasteiger partial charge >= 0.3 is 6.09 Å². The second-order valence-electron chi connectivity index (χ2n) is 7.54. The molecule has 0 bridgehead atoms. The molecule has 1 N–H and O–H groups in total. The molecule has 0 atom stereocenters. The lowest BCUT2D eigenvalue weighted by Gasteiger charge is -2.32. The molecule has 0 radical (unpaired) electrons. The van der Waals surface area contributed by atoms with Crippen molar-refractivity contribution in [2.75, 3.05) is 19.6 Å². The molecule has 1 aliphatic rings. The monoisotopic (exact) mass is 333 g/mol. The molecule has 1 aliphatic heterocycles. The third-order valence-corrected chi connectivity index (χ3v) is 4.19. The Morgan fingerprint density at radius 1 is 1.29 bits per heavy atom. The van der Waals surface area contributed by atoms with E-state index in [1.807, 2.05) is 39.1 Å². The fourth-order valence-corrected chi connectivity index (χ4v) is 2.96. The lowest BCUT2D eigenvalue weighted by Crippen LogP contribution is -2.46. The Morgan fingerprint density at radius 3 is 2.67 bits per heavy atom. The number of carbonyl (C=O) groups excluding carboxylic acids is 1. The summed E-state index contributed by atoms with van der Waals surface area (Å²) in [6.45, 7) is 8.89. The molecule has 134 valence electrons. The van der Waals surface area contributed by atoms with Gasteiger partial charge in [-0.25, -0.2) is 4.79 Å². The Bertz CT molecular complexity index is 491. The summed E-state index contributed by atoms with van der Waals surface area (Å²) in [4.78, 5) is 18.7. The van der Waals surface area contributed by atoms with Gasteiger partial charge in [-0.15, -0.1) is 0 Å². The highest BCUT2D eigenvalue weighted by Gasteiger charge is 2.23. The number of nitrogens with one attached hydrogen (secondary N) is 1. The molecule has 24 heavy (non-hydrogen) atoms. The maximum Gasteiger partial charge on any atom is 0.407 e. The number of unbranched alkanes of at least 4 members (excludes halogenated alkanes) is 1. The van der Waals surface area contributed by atoms with Gasteiger partial charge in [-0.1, -0.05) is 6.07 Å². The number of carbonyl (C=O) groups is 1. The van der Waals surface area contributed by atoms with E-state index >= 15 is 0 Å². The summed E-state index contributed by atoms with van der Waals surface area (Å²) in [5.41, 5.74) is 0.746. The first-order valence-corrected chi connectivity index (χ1v) is 9.04. The molecular weight excluding hydrogens is 302 g/mol. The van der Waals surface area contributed by atoms with E-state index in [1.165, 1.54) is 18.5 Å². The first kappa shape index (κ1) is 18.7. The van der Waals surface area contributed by atoms with Gasteiger partial charge in [-0.2, -0.15) is 0 Å². The summed E-state index contributed by atoms with van der Waals surface area (Å²) in [5.74, 6) is 0. The average Bonchev–Trinajstić information content (AvgIpc) is 2.52. The summed E-state index contributed by atoms with van der Waals surface area (Å²) in [5, 5.41) is 2.99. The largest absolute Gasteiger partial charge is 0.444 e. The van der Waals surface area contributed by atoms with Crippen molar-refractivity contribution in [3.63, 3.8) is 0 Å². The van der Waals surface area contributed by atoms with Gasteiger partial charge in [0.05, 0.1) is 0 Å². The van der Waals surface area contributed by atoms with Crippen LogP contribution in [-0.4, -0.2) is 47.3 Å². The maximum absolute atomic E-state index is 11.8. The standard InChI is InChI=1S/C19H31N3O2/c1-19(2,3)24-18(23)21-17-10-14-22(15-11-17)13-7-5-9-16-8-4-6-12-20-16/h4,6,8,12,17H,5,7,9-11,13-15H2,1-3H3,(H,21,23). The summed E-state index contributed by atoms with van der Waals surface area (Å²) >= 11 is 0. The van der Waals surface area contributed by atoms with Crippen molar-refractivity contribution < 1.29 is 9.53 Å². The van der Waals surface area contributed by atoms with Gasteiger partial charge in [0.25, 0.3) is 0 Å². The number of alkyl carbamates (subject to hydrolysis) is 1. The van der Waals surface area contributed by atoms with Crippen molar-refractivity contribution >= 4 is 6.09 Å². The summed E-state index contributed by atoms with van der Waals surface area (Å²) in [6, 6.07) is 6.34. The van der Waals surface area contributed by atoms with Crippen LogP contribution in [0.1, 0.15) is 52.1 Å². The number of likely N-dealkylation sites (tertiary alicyclic amines) is 1. The molecule has 2 rings (SSSR count). The van der Waals surface area contributed by atoms with Gasteiger partial charge in [0.1, 0.15) is 5.60 Å². The second kappa shape index (κ2) is 9.02. The fourth-order valence-electron chi connectivity index (χ4n) is 2.96. The van der Waals surface area contributed by atoms with Gasteiger partial charge in [-0.05, 0) is 71.6 Å². The Hall–Kier alpha value is -1.62. The number of hydrogen-bond acceptors (Lipinski definition) is 4. The zero-order chi connectivity index (χ0) is 17.4. The fraction of sp³-hybridized carbons (Fsp3) is 0.684. The smallest absolute Gasteiger partial charge is 0.407 e. The molecule has 5 nitrogen and oxygen atoms in total. The van der Waals surface area contributed by atoms with Gasteiger partial charge in [-0.3, -0.25) is 4.98 Å². The van der Waals surface area contributed by atoms with E-state index < -0.39 is 5.60 Å². The van der Waals surface area contributed by atoms with Crippen LogP contribution in [0.5, 0.6) is 0 Å². The van der Waals surface area contributed by atoms with Gasteiger partial charge < -0.3 is 15.0 Å². The predicted octanol–water partition coefficient (Wildman–Crippen LogP) is 3.39. The molecule has 0 saturated carbocycles. The zero-order valence-electron chi connectivity index (χ0n) is 15.3. The highest BCUT2D eigenvalue weighted by atomic mass is 16.6. The number of ether oxygens (including phenoxy) is 1. The van der Waals surface area contributed by atoms with Crippen molar-refractivity contribution in [3.8, 4) is 0 Å². The number of aryl methyl sites for hydroxylation is 1. The minimum atomic E-state index is -0.432. The van der Waals surface area contributed by atoms with Crippen molar-refractivity contribution in [2.45, 2.75) is 64.5 Å². The molecule has 1 fully saturated rings. The van der Waals surface area contributed by atoms with Gasteiger partial charge in [0.2, 0.25) is 0 Å². The maximum atomic E-state index is 11.8. The van der Waals surface area contributed by atoms with Crippen LogP contribution in [0.25, 0.3) is 0 Å².